The van der Waals surface area contributed by atoms with Gasteiger partial charge in [-0.2, -0.15) is 0 Å². The van der Waals surface area contributed by atoms with Crippen LogP contribution in [0, 0.1) is 17.6 Å². The minimum atomic E-state index is -0.665. The van der Waals surface area contributed by atoms with E-state index < -0.39 is 11.6 Å². The van der Waals surface area contributed by atoms with E-state index in [4.69, 9.17) is 4.74 Å². The predicted molar refractivity (Wildman–Crippen MR) is 59.5 cm³/mol. The van der Waals surface area contributed by atoms with Gasteiger partial charge in [0.25, 0.3) is 0 Å². The maximum Gasteiger partial charge on any atom is 0.167 e. The summed E-state index contributed by atoms with van der Waals surface area (Å²) in [6.07, 6.45) is -0.134. The fraction of sp³-hybridized carbons (Fsp3) is 0.500. The maximum atomic E-state index is 13.3. The molecular formula is C12H17F2NO. The summed E-state index contributed by atoms with van der Waals surface area (Å²) in [7, 11) is 1.81. The van der Waals surface area contributed by atoms with Gasteiger partial charge in [0.15, 0.2) is 11.6 Å². The van der Waals surface area contributed by atoms with Crippen molar-refractivity contribution in [2.45, 2.75) is 20.0 Å². The van der Waals surface area contributed by atoms with Gasteiger partial charge in [-0.05, 0) is 25.1 Å². The Hall–Kier alpha value is -1.16. The molecular weight excluding hydrogens is 212 g/mol. The standard InChI is InChI=1S/C12H17F2NO/c1-8(2)12(7-15-3)16-11-5-4-9(13)6-10(11)14/h4-6,8,12,15H,7H2,1-3H3. The van der Waals surface area contributed by atoms with Crippen molar-refractivity contribution in [1.29, 1.82) is 0 Å². The molecule has 0 aliphatic carbocycles. The third-order valence-corrected chi connectivity index (χ3v) is 2.32. The topological polar surface area (TPSA) is 21.3 Å². The molecule has 0 fully saturated rings. The van der Waals surface area contributed by atoms with Crippen LogP contribution in [0.3, 0.4) is 0 Å². The molecule has 0 spiro atoms. The number of hydrogen-bond donors (Lipinski definition) is 1. The van der Waals surface area contributed by atoms with Gasteiger partial charge in [-0.1, -0.05) is 13.8 Å². The first kappa shape index (κ1) is 12.9. The molecule has 1 N–H and O–H groups in total. The second-order valence-electron chi connectivity index (χ2n) is 4.03. The van der Waals surface area contributed by atoms with Gasteiger partial charge in [-0.15, -0.1) is 0 Å². The van der Waals surface area contributed by atoms with Crippen LogP contribution in [0.4, 0.5) is 8.78 Å². The highest BCUT2D eigenvalue weighted by atomic mass is 19.1. The van der Waals surface area contributed by atoms with E-state index in [9.17, 15) is 8.78 Å². The van der Waals surface area contributed by atoms with Crippen molar-refractivity contribution < 1.29 is 13.5 Å². The average molecular weight is 229 g/mol. The summed E-state index contributed by atoms with van der Waals surface area (Å²) in [4.78, 5) is 0. The second kappa shape index (κ2) is 5.80. The van der Waals surface area contributed by atoms with E-state index in [0.717, 1.165) is 6.07 Å². The normalized spacial score (nSPS) is 12.9. The molecule has 1 aromatic carbocycles. The van der Waals surface area contributed by atoms with Gasteiger partial charge in [-0.3, -0.25) is 0 Å². The number of benzene rings is 1. The first-order chi connectivity index (χ1) is 7.54. The molecule has 16 heavy (non-hydrogen) atoms. The Bertz CT molecular complexity index is 342. The van der Waals surface area contributed by atoms with Crippen LogP contribution < -0.4 is 10.1 Å². The third-order valence-electron chi connectivity index (χ3n) is 2.32. The lowest BCUT2D eigenvalue weighted by Gasteiger charge is -2.22. The minimum absolute atomic E-state index is 0.0929. The van der Waals surface area contributed by atoms with E-state index in [1.54, 1.807) is 7.05 Å². The van der Waals surface area contributed by atoms with E-state index in [0.29, 0.717) is 6.54 Å². The molecule has 1 rings (SSSR count). The Morgan fingerprint density at radius 3 is 2.50 bits per heavy atom. The number of likely N-dealkylation sites (N-methyl/N-ethyl adjacent to an activating group) is 1. The molecule has 90 valence electrons. The first-order valence-electron chi connectivity index (χ1n) is 5.31. The van der Waals surface area contributed by atoms with E-state index in [2.05, 4.69) is 5.32 Å². The van der Waals surface area contributed by atoms with Gasteiger partial charge in [0.1, 0.15) is 11.9 Å². The quantitative estimate of drug-likeness (QED) is 0.838. The predicted octanol–water partition coefficient (Wildman–Crippen LogP) is 2.59. The fourth-order valence-electron chi connectivity index (χ4n) is 1.35. The molecule has 0 saturated heterocycles. The minimum Gasteiger partial charge on any atom is -0.486 e. The number of halogens is 2. The lowest BCUT2D eigenvalue weighted by atomic mass is 10.1. The van der Waals surface area contributed by atoms with Crippen LogP contribution in [0.15, 0.2) is 18.2 Å². The van der Waals surface area contributed by atoms with Gasteiger partial charge in [-0.25, -0.2) is 8.78 Å². The van der Waals surface area contributed by atoms with Crippen molar-refractivity contribution in [3.05, 3.63) is 29.8 Å². The van der Waals surface area contributed by atoms with Gasteiger partial charge >= 0.3 is 0 Å². The second-order valence-corrected chi connectivity index (χ2v) is 4.03. The van der Waals surface area contributed by atoms with Crippen LogP contribution in [0.1, 0.15) is 13.8 Å². The van der Waals surface area contributed by atoms with Crippen molar-refractivity contribution >= 4 is 0 Å². The summed E-state index contributed by atoms with van der Waals surface area (Å²) in [6, 6.07) is 3.33. The smallest absolute Gasteiger partial charge is 0.167 e. The van der Waals surface area contributed by atoms with E-state index in [1.165, 1.54) is 12.1 Å². The van der Waals surface area contributed by atoms with E-state index in [-0.39, 0.29) is 17.8 Å². The third kappa shape index (κ3) is 3.45. The van der Waals surface area contributed by atoms with Crippen LogP contribution >= 0.6 is 0 Å². The molecule has 0 heterocycles. The Kier molecular flexibility index (Phi) is 4.68. The zero-order valence-corrected chi connectivity index (χ0v) is 9.76. The lowest BCUT2D eigenvalue weighted by molar-refractivity contribution is 0.145. The van der Waals surface area contributed by atoms with Gasteiger partial charge in [0.2, 0.25) is 0 Å². The molecule has 0 aliphatic heterocycles. The highest BCUT2D eigenvalue weighted by molar-refractivity contribution is 5.25. The highest BCUT2D eigenvalue weighted by Crippen LogP contribution is 2.20. The molecule has 1 unspecified atom stereocenters. The summed E-state index contributed by atoms with van der Waals surface area (Å²) in [5.41, 5.74) is 0. The number of hydrogen-bond acceptors (Lipinski definition) is 2. The van der Waals surface area contributed by atoms with Crippen molar-refractivity contribution in [2.75, 3.05) is 13.6 Å². The van der Waals surface area contributed by atoms with Crippen LogP contribution in [-0.4, -0.2) is 19.7 Å². The van der Waals surface area contributed by atoms with Crippen molar-refractivity contribution in [1.82, 2.24) is 5.32 Å². The zero-order chi connectivity index (χ0) is 12.1. The molecule has 4 heteroatoms. The molecule has 0 saturated carbocycles. The molecule has 0 aromatic heterocycles. The monoisotopic (exact) mass is 229 g/mol. The van der Waals surface area contributed by atoms with Crippen LogP contribution in [-0.2, 0) is 0 Å². The summed E-state index contributed by atoms with van der Waals surface area (Å²) in [5, 5.41) is 2.98. The van der Waals surface area contributed by atoms with Crippen LogP contribution in [0.5, 0.6) is 5.75 Å². The maximum absolute atomic E-state index is 13.3. The molecule has 1 atom stereocenters. The Balaban J connectivity index is 2.77. The summed E-state index contributed by atoms with van der Waals surface area (Å²) in [6.45, 7) is 4.60. The fourth-order valence-corrected chi connectivity index (χ4v) is 1.35. The summed E-state index contributed by atoms with van der Waals surface area (Å²) in [5.74, 6) is -0.923. The number of ether oxygens (including phenoxy) is 1. The molecule has 0 aliphatic rings. The van der Waals surface area contributed by atoms with Crippen molar-refractivity contribution in [3.63, 3.8) is 0 Å². The lowest BCUT2D eigenvalue weighted by Crippen LogP contribution is -2.33. The Labute approximate surface area is 94.6 Å². The molecule has 2 nitrogen and oxygen atoms in total. The van der Waals surface area contributed by atoms with Crippen LogP contribution in [0.2, 0.25) is 0 Å². The van der Waals surface area contributed by atoms with Crippen LogP contribution in [0.25, 0.3) is 0 Å². The van der Waals surface area contributed by atoms with Crippen molar-refractivity contribution in [3.8, 4) is 5.75 Å². The van der Waals surface area contributed by atoms with E-state index >= 15 is 0 Å². The molecule has 0 bridgehead atoms. The van der Waals surface area contributed by atoms with Gasteiger partial charge < -0.3 is 10.1 Å². The molecule has 0 amide bonds. The zero-order valence-electron chi connectivity index (χ0n) is 9.76. The Morgan fingerprint density at radius 1 is 1.31 bits per heavy atom. The number of nitrogens with one attached hydrogen (secondary N) is 1. The first-order valence-corrected chi connectivity index (χ1v) is 5.31. The van der Waals surface area contributed by atoms with Gasteiger partial charge in [0, 0.05) is 12.6 Å². The summed E-state index contributed by atoms with van der Waals surface area (Å²) >= 11 is 0. The largest absolute Gasteiger partial charge is 0.486 e. The SMILES string of the molecule is CNCC(Oc1ccc(F)cc1F)C(C)C. The Morgan fingerprint density at radius 2 is 2.00 bits per heavy atom. The molecule has 1 aromatic rings. The number of rotatable bonds is 5. The van der Waals surface area contributed by atoms with Crippen molar-refractivity contribution in [2.24, 2.45) is 5.92 Å². The summed E-state index contributed by atoms with van der Waals surface area (Å²) < 4.78 is 31.5. The highest BCUT2D eigenvalue weighted by Gasteiger charge is 2.16. The average Bonchev–Trinajstić information content (AvgIpc) is 2.20. The molecule has 0 radical (unpaired) electrons. The van der Waals surface area contributed by atoms with Gasteiger partial charge in [0.05, 0.1) is 0 Å². The van der Waals surface area contributed by atoms with E-state index in [1.807, 2.05) is 13.8 Å².